The maximum Gasteiger partial charge on any atom is 0.291 e. The Kier molecular flexibility index (Phi) is 6.77. The quantitative estimate of drug-likeness (QED) is 0.235. The first kappa shape index (κ1) is 24.8. The van der Waals surface area contributed by atoms with Crippen LogP contribution in [0.5, 0.6) is 5.75 Å². The molecule has 0 saturated heterocycles. The Balaban J connectivity index is 1.44. The van der Waals surface area contributed by atoms with Crippen LogP contribution >= 0.6 is 11.3 Å². The maximum absolute atomic E-state index is 13.3. The molecule has 0 N–H and O–H groups in total. The minimum atomic E-state index is -0.195. The second kappa shape index (κ2) is 10.7. The summed E-state index contributed by atoms with van der Waals surface area (Å²) in [4.78, 5) is 18.5. The SMILES string of the molecule is CCCCOc1ccc(-c2nn(-c3ccccc3)cc2C=c2sc3nc(-c4ccccc4)nn3c2=O)cc1C. The average molecular weight is 534 g/mol. The van der Waals surface area contributed by atoms with Gasteiger partial charge < -0.3 is 4.74 Å². The fourth-order valence-electron chi connectivity index (χ4n) is 4.40. The van der Waals surface area contributed by atoms with Gasteiger partial charge in [0, 0.05) is 22.9 Å². The third-order valence-electron chi connectivity index (χ3n) is 6.47. The van der Waals surface area contributed by atoms with Crippen LogP contribution in [0.25, 0.3) is 39.4 Å². The van der Waals surface area contributed by atoms with Crippen LogP contribution in [-0.2, 0) is 0 Å². The zero-order valence-corrected chi connectivity index (χ0v) is 22.6. The predicted molar refractivity (Wildman–Crippen MR) is 155 cm³/mol. The Labute approximate surface area is 229 Å². The minimum absolute atomic E-state index is 0.195. The molecule has 0 aliphatic rings. The molecule has 0 amide bonds. The number of hydrogen-bond acceptors (Lipinski definition) is 6. The van der Waals surface area contributed by atoms with Crippen molar-refractivity contribution in [1.29, 1.82) is 0 Å². The van der Waals surface area contributed by atoms with E-state index in [1.165, 1.54) is 15.9 Å². The van der Waals surface area contributed by atoms with E-state index in [0.29, 0.717) is 21.9 Å². The number of nitrogens with zero attached hydrogens (tertiary/aromatic N) is 5. The molecule has 3 aromatic heterocycles. The van der Waals surface area contributed by atoms with E-state index in [0.717, 1.165) is 52.2 Å². The molecular formula is C31H27N5O2S. The van der Waals surface area contributed by atoms with E-state index in [-0.39, 0.29) is 5.56 Å². The number of fused-ring (bicyclic) bond motifs is 1. The molecule has 0 unspecified atom stereocenters. The van der Waals surface area contributed by atoms with Gasteiger partial charge in [-0.25, -0.2) is 4.68 Å². The van der Waals surface area contributed by atoms with Crippen LogP contribution in [0.3, 0.4) is 0 Å². The van der Waals surface area contributed by atoms with Gasteiger partial charge in [0.25, 0.3) is 5.56 Å². The number of para-hydroxylation sites is 1. The van der Waals surface area contributed by atoms with Crippen LogP contribution < -0.4 is 14.8 Å². The summed E-state index contributed by atoms with van der Waals surface area (Å²) in [6, 6.07) is 25.7. The molecule has 194 valence electrons. The molecule has 0 aliphatic carbocycles. The fraction of sp³-hybridized carbons (Fsp3) is 0.161. The van der Waals surface area contributed by atoms with Gasteiger partial charge in [0.15, 0.2) is 5.82 Å². The highest BCUT2D eigenvalue weighted by Crippen LogP contribution is 2.29. The highest BCUT2D eigenvalue weighted by molar-refractivity contribution is 7.15. The van der Waals surface area contributed by atoms with Crippen molar-refractivity contribution in [3.05, 3.63) is 111 Å². The first-order valence-corrected chi connectivity index (χ1v) is 13.8. The largest absolute Gasteiger partial charge is 0.493 e. The first-order valence-electron chi connectivity index (χ1n) is 13.0. The lowest BCUT2D eigenvalue weighted by atomic mass is 10.0. The predicted octanol–water partition coefficient (Wildman–Crippen LogP) is 5.71. The highest BCUT2D eigenvalue weighted by atomic mass is 32.1. The van der Waals surface area contributed by atoms with Crippen molar-refractivity contribution in [2.45, 2.75) is 26.7 Å². The van der Waals surface area contributed by atoms with Crippen molar-refractivity contribution in [1.82, 2.24) is 24.4 Å². The zero-order valence-electron chi connectivity index (χ0n) is 21.7. The van der Waals surface area contributed by atoms with Crippen molar-refractivity contribution >= 4 is 22.4 Å². The van der Waals surface area contributed by atoms with Crippen molar-refractivity contribution in [3.8, 4) is 34.1 Å². The molecule has 7 nitrogen and oxygen atoms in total. The van der Waals surface area contributed by atoms with Crippen LogP contribution in [0.4, 0.5) is 0 Å². The van der Waals surface area contributed by atoms with Crippen molar-refractivity contribution < 1.29 is 4.74 Å². The van der Waals surface area contributed by atoms with Gasteiger partial charge in [-0.05, 0) is 55.3 Å². The lowest BCUT2D eigenvalue weighted by Crippen LogP contribution is -2.23. The number of benzene rings is 3. The van der Waals surface area contributed by atoms with Crippen LogP contribution in [-0.4, -0.2) is 31.0 Å². The van der Waals surface area contributed by atoms with Crippen LogP contribution in [0.2, 0.25) is 0 Å². The van der Waals surface area contributed by atoms with E-state index in [4.69, 9.17) is 9.84 Å². The molecule has 0 fully saturated rings. The number of aryl methyl sites for hydroxylation is 1. The number of aromatic nitrogens is 5. The lowest BCUT2D eigenvalue weighted by Gasteiger charge is -2.10. The molecule has 39 heavy (non-hydrogen) atoms. The molecular weight excluding hydrogens is 506 g/mol. The summed E-state index contributed by atoms with van der Waals surface area (Å²) in [6.07, 6.45) is 5.95. The summed E-state index contributed by atoms with van der Waals surface area (Å²) in [5, 5.41) is 9.41. The molecule has 6 rings (SSSR count). The summed E-state index contributed by atoms with van der Waals surface area (Å²) in [7, 11) is 0. The normalized spacial score (nSPS) is 11.9. The number of thiazole rings is 1. The Morgan fingerprint density at radius 2 is 1.72 bits per heavy atom. The van der Waals surface area contributed by atoms with Gasteiger partial charge in [0.2, 0.25) is 4.96 Å². The van der Waals surface area contributed by atoms with Crippen molar-refractivity contribution in [2.24, 2.45) is 0 Å². The molecule has 3 heterocycles. The monoisotopic (exact) mass is 533 g/mol. The van der Waals surface area contributed by atoms with Crippen LogP contribution in [0.15, 0.2) is 89.9 Å². The van der Waals surface area contributed by atoms with Crippen molar-refractivity contribution in [3.63, 3.8) is 0 Å². The topological polar surface area (TPSA) is 74.3 Å². The van der Waals surface area contributed by atoms with Gasteiger partial charge >= 0.3 is 0 Å². The van der Waals surface area contributed by atoms with Crippen LogP contribution in [0.1, 0.15) is 30.9 Å². The third kappa shape index (κ3) is 4.98. The molecule has 0 atom stereocenters. The van der Waals surface area contributed by atoms with Crippen molar-refractivity contribution in [2.75, 3.05) is 6.61 Å². The summed E-state index contributed by atoms with van der Waals surface area (Å²) in [5.74, 6) is 1.42. The molecule has 8 heteroatoms. The summed E-state index contributed by atoms with van der Waals surface area (Å²) < 4.78 is 9.74. The Morgan fingerprint density at radius 3 is 2.44 bits per heavy atom. The second-order valence-electron chi connectivity index (χ2n) is 9.31. The maximum atomic E-state index is 13.3. The van der Waals surface area contributed by atoms with Gasteiger partial charge in [-0.3, -0.25) is 4.79 Å². The molecule has 0 aliphatic heterocycles. The molecule has 0 saturated carbocycles. The molecule has 6 aromatic rings. The molecule has 0 radical (unpaired) electrons. The van der Waals surface area contributed by atoms with Gasteiger partial charge in [0.05, 0.1) is 16.8 Å². The van der Waals surface area contributed by atoms with E-state index in [2.05, 4.69) is 23.1 Å². The van der Waals surface area contributed by atoms with Crippen LogP contribution in [0, 0.1) is 6.92 Å². The number of unbranched alkanes of at least 4 members (excludes halogenated alkanes) is 1. The lowest BCUT2D eigenvalue weighted by molar-refractivity contribution is 0.307. The Bertz CT molecular complexity index is 1860. The third-order valence-corrected chi connectivity index (χ3v) is 7.43. The highest BCUT2D eigenvalue weighted by Gasteiger charge is 2.16. The Hall–Kier alpha value is -4.56. The van der Waals surface area contributed by atoms with E-state index >= 15 is 0 Å². The molecule has 0 bridgehead atoms. The summed E-state index contributed by atoms with van der Waals surface area (Å²) in [5.41, 5.74) is 5.23. The smallest absolute Gasteiger partial charge is 0.291 e. The fourth-order valence-corrected chi connectivity index (χ4v) is 5.30. The standard InChI is InChI=1S/C31H27N5O2S/c1-3-4-17-38-26-16-15-23(18-21(26)2)28-24(20-35(33-28)25-13-9-6-10-14-25)19-27-30(37)36-31(39-27)32-29(34-36)22-11-7-5-8-12-22/h5-16,18-20H,3-4,17H2,1-2H3. The second-order valence-corrected chi connectivity index (χ2v) is 10.3. The first-order chi connectivity index (χ1) is 19.1. The average Bonchev–Trinajstić information content (AvgIpc) is 3.66. The van der Waals surface area contributed by atoms with E-state index in [9.17, 15) is 4.79 Å². The minimum Gasteiger partial charge on any atom is -0.493 e. The van der Waals surface area contributed by atoms with E-state index < -0.39 is 0 Å². The molecule has 3 aromatic carbocycles. The number of hydrogen-bond donors (Lipinski definition) is 0. The van der Waals surface area contributed by atoms with E-state index in [1.807, 2.05) is 96.7 Å². The zero-order chi connectivity index (χ0) is 26.8. The number of ether oxygens (including phenoxy) is 1. The molecule has 0 spiro atoms. The summed E-state index contributed by atoms with van der Waals surface area (Å²) in [6.45, 7) is 4.89. The Morgan fingerprint density at radius 1 is 0.949 bits per heavy atom. The van der Waals surface area contributed by atoms with Gasteiger partial charge in [-0.15, -0.1) is 5.10 Å². The number of rotatable bonds is 8. The van der Waals surface area contributed by atoms with Gasteiger partial charge in [0.1, 0.15) is 11.4 Å². The van der Waals surface area contributed by atoms with Gasteiger partial charge in [-0.1, -0.05) is 73.2 Å². The van der Waals surface area contributed by atoms with E-state index in [1.54, 1.807) is 0 Å². The van der Waals surface area contributed by atoms with Gasteiger partial charge in [-0.2, -0.15) is 14.6 Å². The summed E-state index contributed by atoms with van der Waals surface area (Å²) >= 11 is 1.32.